The van der Waals surface area contributed by atoms with E-state index in [4.69, 9.17) is 0 Å². The van der Waals surface area contributed by atoms with E-state index in [1.54, 1.807) is 0 Å². The number of hydrogen-bond donors (Lipinski definition) is 2. The molecule has 0 fully saturated rings. The van der Waals surface area contributed by atoms with E-state index in [0.717, 1.165) is 11.1 Å². The maximum atomic E-state index is 12.0. The lowest BCUT2D eigenvalue weighted by Gasteiger charge is -2.12. The molecule has 2 aromatic rings. The molecular formula is C17H18O4P2. The van der Waals surface area contributed by atoms with E-state index in [1.807, 2.05) is 60.7 Å². The maximum absolute atomic E-state index is 12.0. The summed E-state index contributed by atoms with van der Waals surface area (Å²) in [6.45, 7) is 0. The molecule has 0 saturated carbocycles. The second-order valence-electron chi connectivity index (χ2n) is 5.05. The van der Waals surface area contributed by atoms with Crippen LogP contribution in [0.5, 0.6) is 0 Å². The van der Waals surface area contributed by atoms with Crippen molar-refractivity contribution in [1.29, 1.82) is 0 Å². The molecule has 0 bridgehead atoms. The van der Waals surface area contributed by atoms with E-state index < -0.39 is 33.8 Å². The van der Waals surface area contributed by atoms with Gasteiger partial charge in [-0.15, -0.1) is 0 Å². The van der Waals surface area contributed by atoms with Gasteiger partial charge in [-0.25, -0.2) is 0 Å². The predicted octanol–water partition coefficient (Wildman–Crippen LogP) is 3.61. The normalized spacial score (nSPS) is 13.3. The molecule has 0 amide bonds. The van der Waals surface area contributed by atoms with E-state index in [2.05, 4.69) is 0 Å². The Morgan fingerprint density at radius 1 is 0.696 bits per heavy atom. The minimum atomic E-state index is -1.90. The zero-order chi connectivity index (χ0) is 16.7. The second kappa shape index (κ2) is 9.00. The molecule has 2 unspecified atom stereocenters. The number of carbonyl (C=O) groups is 2. The van der Waals surface area contributed by atoms with Crippen molar-refractivity contribution in [3.63, 3.8) is 0 Å². The van der Waals surface area contributed by atoms with Gasteiger partial charge in [0.15, 0.2) is 11.0 Å². The Balaban J connectivity index is 1.85. The Morgan fingerprint density at radius 2 is 1.04 bits per heavy atom. The van der Waals surface area contributed by atoms with Crippen LogP contribution in [0.1, 0.15) is 17.5 Å². The highest BCUT2D eigenvalue weighted by atomic mass is 31.1. The monoisotopic (exact) mass is 348 g/mol. The molecule has 120 valence electrons. The molecular weight excluding hydrogens is 330 g/mol. The fraction of sp³-hybridized carbons (Fsp3) is 0.176. The van der Waals surface area contributed by atoms with Crippen molar-refractivity contribution in [2.24, 2.45) is 0 Å². The summed E-state index contributed by atoms with van der Waals surface area (Å²) in [5.41, 5.74) is 0.752. The molecule has 23 heavy (non-hydrogen) atoms. The van der Waals surface area contributed by atoms with Crippen LogP contribution in [0, 0.1) is 0 Å². The molecule has 0 spiro atoms. The van der Waals surface area contributed by atoms with Crippen molar-refractivity contribution >= 4 is 27.3 Å². The van der Waals surface area contributed by atoms with Gasteiger partial charge >= 0.3 is 0 Å². The average Bonchev–Trinajstić information content (AvgIpc) is 2.56. The van der Waals surface area contributed by atoms with Crippen LogP contribution < -0.4 is 0 Å². The SMILES string of the molecule is O=C(CC(=O)P(O)Cc1ccccc1)P(O)Cc1ccccc1. The van der Waals surface area contributed by atoms with Crippen molar-refractivity contribution in [1.82, 2.24) is 0 Å². The van der Waals surface area contributed by atoms with E-state index in [0.29, 0.717) is 0 Å². The van der Waals surface area contributed by atoms with Gasteiger partial charge in [-0.05, 0) is 11.1 Å². The van der Waals surface area contributed by atoms with Crippen LogP contribution in [0.25, 0.3) is 0 Å². The Kier molecular flexibility index (Phi) is 7.01. The lowest BCUT2D eigenvalue weighted by Crippen LogP contribution is -2.06. The van der Waals surface area contributed by atoms with Gasteiger partial charge in [0.1, 0.15) is 0 Å². The van der Waals surface area contributed by atoms with Crippen molar-refractivity contribution in [2.75, 3.05) is 0 Å². The third kappa shape index (κ3) is 5.93. The summed E-state index contributed by atoms with van der Waals surface area (Å²) >= 11 is 0. The van der Waals surface area contributed by atoms with Gasteiger partial charge < -0.3 is 9.79 Å². The maximum Gasteiger partial charge on any atom is 0.189 e. The lowest BCUT2D eigenvalue weighted by atomic mass is 10.2. The van der Waals surface area contributed by atoms with Crippen molar-refractivity contribution in [3.05, 3.63) is 71.8 Å². The van der Waals surface area contributed by atoms with Gasteiger partial charge in [-0.1, -0.05) is 60.7 Å². The first-order chi connectivity index (χ1) is 11.1. The van der Waals surface area contributed by atoms with Gasteiger partial charge in [-0.2, -0.15) is 0 Å². The summed E-state index contributed by atoms with van der Waals surface area (Å²) in [6, 6.07) is 18.4. The van der Waals surface area contributed by atoms with E-state index in [9.17, 15) is 19.4 Å². The summed E-state index contributed by atoms with van der Waals surface area (Å²) in [6.07, 6.45) is 0.0821. The Hall–Kier alpha value is -1.44. The largest absolute Gasteiger partial charge is 0.366 e. The third-order valence-electron chi connectivity index (χ3n) is 3.23. The van der Waals surface area contributed by atoms with Crippen LogP contribution in [0.15, 0.2) is 60.7 Å². The van der Waals surface area contributed by atoms with Gasteiger partial charge in [0.2, 0.25) is 0 Å². The minimum absolute atomic E-state index is 0.240. The first-order valence-corrected chi connectivity index (χ1v) is 10.1. The molecule has 0 heterocycles. The van der Waals surface area contributed by atoms with Crippen LogP contribution in [-0.2, 0) is 21.9 Å². The number of rotatable bonds is 8. The first-order valence-electron chi connectivity index (χ1n) is 7.12. The van der Waals surface area contributed by atoms with Crippen LogP contribution in [0.2, 0.25) is 0 Å². The van der Waals surface area contributed by atoms with E-state index >= 15 is 0 Å². The highest BCUT2D eigenvalue weighted by Gasteiger charge is 2.24. The molecule has 2 N–H and O–H groups in total. The lowest BCUT2D eigenvalue weighted by molar-refractivity contribution is -0.119. The van der Waals surface area contributed by atoms with E-state index in [1.165, 1.54) is 0 Å². The molecule has 0 aliphatic heterocycles. The molecule has 6 heteroatoms. The molecule has 2 aromatic carbocycles. The first kappa shape index (κ1) is 17.9. The average molecular weight is 348 g/mol. The number of carbonyl (C=O) groups excluding carboxylic acids is 2. The topological polar surface area (TPSA) is 74.6 Å². The Bertz CT molecular complexity index is 589. The predicted molar refractivity (Wildman–Crippen MR) is 93.2 cm³/mol. The number of hydrogen-bond acceptors (Lipinski definition) is 4. The van der Waals surface area contributed by atoms with Gasteiger partial charge in [0.25, 0.3) is 0 Å². The molecule has 4 nitrogen and oxygen atoms in total. The molecule has 0 aromatic heterocycles. The van der Waals surface area contributed by atoms with Gasteiger partial charge in [0, 0.05) is 12.3 Å². The quantitative estimate of drug-likeness (QED) is 0.565. The van der Waals surface area contributed by atoms with Crippen LogP contribution in [0.3, 0.4) is 0 Å². The summed E-state index contributed by atoms with van der Waals surface area (Å²) in [7, 11) is -3.79. The smallest absolute Gasteiger partial charge is 0.189 e. The fourth-order valence-corrected chi connectivity index (χ4v) is 4.24. The number of benzene rings is 2. The standard InChI is InChI=1S/C17H18O4P2/c18-16(22(20)12-14-7-3-1-4-8-14)11-17(19)23(21)13-15-9-5-2-6-10-15/h1-10,20-21H,11-13H2. The Morgan fingerprint density at radius 3 is 1.39 bits per heavy atom. The summed E-state index contributed by atoms with van der Waals surface area (Å²) < 4.78 is 0. The minimum Gasteiger partial charge on any atom is -0.366 e. The molecule has 0 saturated heterocycles. The molecule has 0 aliphatic carbocycles. The zero-order valence-electron chi connectivity index (χ0n) is 12.5. The van der Waals surface area contributed by atoms with E-state index in [-0.39, 0.29) is 12.3 Å². The molecule has 2 rings (SSSR count). The summed E-state index contributed by atoms with van der Waals surface area (Å²) in [5, 5.41) is 0. The molecule has 0 aliphatic rings. The molecule has 0 radical (unpaired) electrons. The van der Waals surface area contributed by atoms with Gasteiger partial charge in [-0.3, -0.25) is 9.59 Å². The summed E-state index contributed by atoms with van der Waals surface area (Å²) in [4.78, 5) is 43.9. The van der Waals surface area contributed by atoms with Crippen LogP contribution in [-0.4, -0.2) is 20.8 Å². The van der Waals surface area contributed by atoms with Crippen molar-refractivity contribution in [3.8, 4) is 0 Å². The van der Waals surface area contributed by atoms with Crippen molar-refractivity contribution in [2.45, 2.75) is 18.7 Å². The van der Waals surface area contributed by atoms with Crippen LogP contribution >= 0.6 is 16.3 Å². The second-order valence-corrected chi connectivity index (χ2v) is 8.28. The van der Waals surface area contributed by atoms with Gasteiger partial charge in [0.05, 0.1) is 22.7 Å². The Labute approximate surface area is 137 Å². The highest BCUT2D eigenvalue weighted by molar-refractivity contribution is 7.71. The summed E-state index contributed by atoms with van der Waals surface area (Å²) in [5.74, 6) is 0. The van der Waals surface area contributed by atoms with Crippen LogP contribution in [0.4, 0.5) is 0 Å². The highest BCUT2D eigenvalue weighted by Crippen LogP contribution is 2.42. The fourth-order valence-electron chi connectivity index (χ4n) is 2.00. The third-order valence-corrected chi connectivity index (χ3v) is 6.03. The zero-order valence-corrected chi connectivity index (χ0v) is 14.3. The molecule has 2 atom stereocenters. The van der Waals surface area contributed by atoms with Crippen molar-refractivity contribution < 1.29 is 19.4 Å².